The maximum absolute atomic E-state index is 12.4. The number of nitrogens with zero attached hydrogens (tertiary/aromatic N) is 2. The molecule has 0 unspecified atom stereocenters. The van der Waals surface area contributed by atoms with E-state index in [0.29, 0.717) is 17.8 Å². The van der Waals surface area contributed by atoms with Crippen LogP contribution < -0.4 is 5.73 Å². The zero-order valence-electron chi connectivity index (χ0n) is 12.8. The summed E-state index contributed by atoms with van der Waals surface area (Å²) in [4.78, 5) is 19.7. The average Bonchev–Trinajstić information content (AvgIpc) is 2.88. The molecule has 0 fully saturated rings. The highest BCUT2D eigenvalue weighted by Crippen LogP contribution is 2.18. The molecule has 0 radical (unpaired) electrons. The van der Waals surface area contributed by atoms with E-state index in [2.05, 4.69) is 11.9 Å². The molecule has 0 aliphatic carbocycles. The van der Waals surface area contributed by atoms with Crippen molar-refractivity contribution in [3.63, 3.8) is 0 Å². The Hall–Kier alpha value is -1.30. The molecule has 0 bridgehead atoms. The topological polar surface area (TPSA) is 59.2 Å². The average molecular weight is 362 g/mol. The molecule has 1 aromatic carbocycles. The zero-order valence-corrected chi connectivity index (χ0v) is 15.3. The van der Waals surface area contributed by atoms with E-state index in [1.807, 2.05) is 19.2 Å². The maximum Gasteiger partial charge on any atom is 0.254 e. The first-order valence-corrected chi connectivity index (χ1v) is 7.38. The van der Waals surface area contributed by atoms with Crippen molar-refractivity contribution in [1.82, 2.24) is 9.88 Å². The fourth-order valence-electron chi connectivity index (χ4n) is 1.93. The Bertz CT molecular complexity index is 631. The lowest BCUT2D eigenvalue weighted by Crippen LogP contribution is -2.26. The van der Waals surface area contributed by atoms with Gasteiger partial charge >= 0.3 is 0 Å². The van der Waals surface area contributed by atoms with E-state index in [4.69, 9.17) is 5.73 Å². The van der Waals surface area contributed by atoms with Gasteiger partial charge in [0.15, 0.2) is 0 Å². The Labute approximate surface area is 147 Å². The second-order valence-corrected chi connectivity index (χ2v) is 6.01. The quantitative estimate of drug-likeness (QED) is 0.844. The molecule has 0 saturated carbocycles. The Morgan fingerprint density at radius 3 is 2.64 bits per heavy atom. The van der Waals surface area contributed by atoms with Crippen LogP contribution in [0.1, 0.15) is 32.7 Å². The summed E-state index contributed by atoms with van der Waals surface area (Å²) in [7, 11) is 1.79. The molecule has 2 aromatic rings. The predicted molar refractivity (Wildman–Crippen MR) is 97.4 cm³/mol. The number of thiazole rings is 1. The number of aryl methyl sites for hydroxylation is 2. The van der Waals surface area contributed by atoms with E-state index in [1.165, 1.54) is 4.88 Å². The van der Waals surface area contributed by atoms with Crippen molar-refractivity contribution in [2.45, 2.75) is 26.8 Å². The van der Waals surface area contributed by atoms with Crippen molar-refractivity contribution < 1.29 is 4.79 Å². The number of nitrogen functional groups attached to an aromatic ring is 1. The fourth-order valence-corrected chi connectivity index (χ4v) is 2.85. The van der Waals surface area contributed by atoms with Gasteiger partial charge in [-0.15, -0.1) is 36.2 Å². The van der Waals surface area contributed by atoms with Crippen LogP contribution in [0.4, 0.5) is 5.69 Å². The fraction of sp³-hybridized carbons (Fsp3) is 0.333. The number of aromatic nitrogens is 1. The monoisotopic (exact) mass is 361 g/mol. The highest BCUT2D eigenvalue weighted by atomic mass is 35.5. The van der Waals surface area contributed by atoms with Crippen LogP contribution in [0.2, 0.25) is 0 Å². The molecule has 1 aromatic heterocycles. The molecule has 2 rings (SSSR count). The van der Waals surface area contributed by atoms with Crippen molar-refractivity contribution >= 4 is 47.7 Å². The van der Waals surface area contributed by atoms with E-state index >= 15 is 0 Å². The van der Waals surface area contributed by atoms with Crippen LogP contribution in [0.15, 0.2) is 24.4 Å². The third-order valence-corrected chi connectivity index (χ3v) is 4.29. The van der Waals surface area contributed by atoms with Gasteiger partial charge in [-0.3, -0.25) is 4.79 Å². The van der Waals surface area contributed by atoms with Crippen molar-refractivity contribution in [3.05, 3.63) is 45.4 Å². The Morgan fingerprint density at radius 1 is 1.36 bits per heavy atom. The summed E-state index contributed by atoms with van der Waals surface area (Å²) in [5.74, 6) is -0.0250. The van der Waals surface area contributed by atoms with Crippen LogP contribution in [0.3, 0.4) is 0 Å². The Morgan fingerprint density at radius 2 is 2.05 bits per heavy atom. The number of hydrogen-bond donors (Lipinski definition) is 1. The lowest BCUT2D eigenvalue weighted by Gasteiger charge is -2.17. The molecule has 0 spiro atoms. The molecular weight excluding hydrogens is 341 g/mol. The molecule has 0 aliphatic heterocycles. The molecule has 0 aliphatic rings. The minimum Gasteiger partial charge on any atom is -0.399 e. The molecule has 0 saturated heterocycles. The number of amides is 1. The highest BCUT2D eigenvalue weighted by molar-refractivity contribution is 7.11. The molecule has 1 amide bonds. The minimum absolute atomic E-state index is 0. The molecule has 2 N–H and O–H groups in total. The highest BCUT2D eigenvalue weighted by Gasteiger charge is 2.16. The van der Waals surface area contributed by atoms with E-state index in [1.54, 1.807) is 35.4 Å². The summed E-state index contributed by atoms with van der Waals surface area (Å²) in [6, 6.07) is 5.41. The maximum atomic E-state index is 12.4. The van der Waals surface area contributed by atoms with Gasteiger partial charge in [0, 0.05) is 29.4 Å². The molecule has 1 heterocycles. The van der Waals surface area contributed by atoms with Gasteiger partial charge in [0.1, 0.15) is 5.01 Å². The minimum atomic E-state index is -0.0250. The van der Waals surface area contributed by atoms with Crippen LogP contribution in [-0.4, -0.2) is 22.8 Å². The van der Waals surface area contributed by atoms with Gasteiger partial charge in [-0.1, -0.05) is 13.0 Å². The number of nitrogens with two attached hydrogens (primary N) is 1. The third kappa shape index (κ3) is 4.87. The van der Waals surface area contributed by atoms with Gasteiger partial charge < -0.3 is 10.6 Å². The van der Waals surface area contributed by atoms with Gasteiger partial charge in [-0.05, 0) is 31.0 Å². The zero-order chi connectivity index (χ0) is 14.7. The molecule has 22 heavy (non-hydrogen) atoms. The smallest absolute Gasteiger partial charge is 0.254 e. The van der Waals surface area contributed by atoms with Crippen molar-refractivity contribution in [1.29, 1.82) is 0 Å². The third-order valence-electron chi connectivity index (χ3n) is 3.16. The number of anilines is 1. The number of carbonyl (C=O) groups excluding carboxylic acids is 1. The summed E-state index contributed by atoms with van der Waals surface area (Å²) < 4.78 is 0. The van der Waals surface area contributed by atoms with Crippen LogP contribution in [0, 0.1) is 6.92 Å². The first-order chi connectivity index (χ1) is 9.51. The summed E-state index contributed by atoms with van der Waals surface area (Å²) >= 11 is 1.65. The lowest BCUT2D eigenvalue weighted by atomic mass is 10.1. The molecular formula is C15H21Cl2N3OS. The van der Waals surface area contributed by atoms with Gasteiger partial charge in [0.2, 0.25) is 0 Å². The van der Waals surface area contributed by atoms with E-state index < -0.39 is 0 Å². The number of benzene rings is 1. The standard InChI is InChI=1S/C15H19N3OS.2ClH/c1-4-12-8-17-14(20-12)9-18(3)15(19)13-7-11(16)6-5-10(13)2;;/h5-8H,4,9,16H2,1-3H3;2*1H. The van der Waals surface area contributed by atoms with E-state index in [0.717, 1.165) is 17.0 Å². The SMILES string of the molecule is CCc1cnc(CN(C)C(=O)c2cc(N)ccc2C)s1.Cl.Cl. The molecule has 4 nitrogen and oxygen atoms in total. The van der Waals surface area contributed by atoms with Crippen molar-refractivity contribution in [2.24, 2.45) is 0 Å². The van der Waals surface area contributed by atoms with Crippen LogP contribution in [-0.2, 0) is 13.0 Å². The lowest BCUT2D eigenvalue weighted by molar-refractivity contribution is 0.0784. The first kappa shape index (κ1) is 20.7. The Kier molecular flexibility index (Phi) is 8.45. The second-order valence-electron chi connectivity index (χ2n) is 4.81. The Balaban J connectivity index is 0.00000220. The molecule has 122 valence electrons. The number of rotatable bonds is 4. The first-order valence-electron chi connectivity index (χ1n) is 6.56. The van der Waals surface area contributed by atoms with Gasteiger partial charge in [0.25, 0.3) is 5.91 Å². The normalized spacial score (nSPS) is 9.59. The van der Waals surface area contributed by atoms with Gasteiger partial charge in [-0.25, -0.2) is 4.98 Å². The summed E-state index contributed by atoms with van der Waals surface area (Å²) in [5, 5.41) is 0.958. The van der Waals surface area contributed by atoms with Crippen molar-refractivity contribution in [3.8, 4) is 0 Å². The van der Waals surface area contributed by atoms with Crippen LogP contribution in [0.5, 0.6) is 0 Å². The van der Waals surface area contributed by atoms with Gasteiger partial charge in [0.05, 0.1) is 6.54 Å². The van der Waals surface area contributed by atoms with Gasteiger partial charge in [-0.2, -0.15) is 0 Å². The number of halogens is 2. The molecule has 0 atom stereocenters. The van der Waals surface area contributed by atoms with E-state index in [9.17, 15) is 4.79 Å². The summed E-state index contributed by atoms with van der Waals surface area (Å²) in [6.07, 6.45) is 2.85. The summed E-state index contributed by atoms with van der Waals surface area (Å²) in [6.45, 7) is 4.54. The summed E-state index contributed by atoms with van der Waals surface area (Å²) in [5.41, 5.74) is 7.95. The second kappa shape index (κ2) is 8.98. The number of hydrogen-bond acceptors (Lipinski definition) is 4. The molecule has 7 heteroatoms. The van der Waals surface area contributed by atoms with E-state index in [-0.39, 0.29) is 30.7 Å². The largest absolute Gasteiger partial charge is 0.399 e. The van der Waals surface area contributed by atoms with Crippen LogP contribution in [0.25, 0.3) is 0 Å². The van der Waals surface area contributed by atoms with Crippen molar-refractivity contribution in [2.75, 3.05) is 12.8 Å². The predicted octanol–water partition coefficient (Wildman–Crippen LogP) is 3.71. The van der Waals surface area contributed by atoms with Crippen LogP contribution >= 0.6 is 36.2 Å². The number of carbonyl (C=O) groups is 1.